The zero-order valence-corrected chi connectivity index (χ0v) is 11.2. The molecule has 2 fully saturated rings. The Labute approximate surface area is 104 Å². The van der Waals surface area contributed by atoms with Crippen LogP contribution in [0.3, 0.4) is 0 Å². The van der Waals surface area contributed by atoms with Gasteiger partial charge in [-0.15, -0.1) is 0 Å². The van der Waals surface area contributed by atoms with Crippen LogP contribution in [0.4, 0.5) is 0 Å². The van der Waals surface area contributed by atoms with Gasteiger partial charge in [-0.3, -0.25) is 0 Å². The maximum absolute atomic E-state index is 10.8. The smallest absolute Gasteiger partial charge is 0.0699 e. The SMILES string of the molecule is CCC1(C)CC(O)(CC2CCOCC2)CCO1. The summed E-state index contributed by atoms with van der Waals surface area (Å²) in [6.07, 6.45) is 5.68. The molecule has 0 aliphatic carbocycles. The average molecular weight is 242 g/mol. The Morgan fingerprint density at radius 1 is 1.24 bits per heavy atom. The van der Waals surface area contributed by atoms with Crippen molar-refractivity contribution in [3.8, 4) is 0 Å². The maximum Gasteiger partial charge on any atom is 0.0699 e. The molecular formula is C14H26O3. The van der Waals surface area contributed by atoms with Crippen molar-refractivity contribution in [2.75, 3.05) is 19.8 Å². The Morgan fingerprint density at radius 3 is 2.59 bits per heavy atom. The first-order valence-corrected chi connectivity index (χ1v) is 6.99. The van der Waals surface area contributed by atoms with Gasteiger partial charge in [-0.1, -0.05) is 6.92 Å². The fraction of sp³-hybridized carbons (Fsp3) is 1.00. The van der Waals surface area contributed by atoms with Gasteiger partial charge in [-0.05, 0) is 44.9 Å². The number of hydrogen-bond donors (Lipinski definition) is 1. The lowest BCUT2D eigenvalue weighted by Gasteiger charge is -2.44. The summed E-state index contributed by atoms with van der Waals surface area (Å²) in [5.74, 6) is 0.632. The summed E-state index contributed by atoms with van der Waals surface area (Å²) < 4.78 is 11.2. The van der Waals surface area contributed by atoms with Crippen molar-refractivity contribution < 1.29 is 14.6 Å². The quantitative estimate of drug-likeness (QED) is 0.826. The van der Waals surface area contributed by atoms with Crippen molar-refractivity contribution in [1.82, 2.24) is 0 Å². The van der Waals surface area contributed by atoms with Crippen LogP contribution in [0.15, 0.2) is 0 Å². The van der Waals surface area contributed by atoms with Crippen LogP contribution in [0, 0.1) is 5.92 Å². The molecule has 0 saturated carbocycles. The number of hydrogen-bond acceptors (Lipinski definition) is 3. The van der Waals surface area contributed by atoms with Crippen molar-refractivity contribution >= 4 is 0 Å². The molecule has 2 aliphatic rings. The molecule has 100 valence electrons. The molecule has 2 atom stereocenters. The van der Waals surface area contributed by atoms with E-state index in [1.807, 2.05) is 0 Å². The molecule has 2 aliphatic heterocycles. The van der Waals surface area contributed by atoms with Crippen molar-refractivity contribution in [2.45, 2.75) is 63.6 Å². The fourth-order valence-corrected chi connectivity index (χ4v) is 3.21. The molecule has 0 aromatic heterocycles. The van der Waals surface area contributed by atoms with E-state index in [2.05, 4.69) is 13.8 Å². The summed E-state index contributed by atoms with van der Waals surface area (Å²) in [4.78, 5) is 0. The Bertz CT molecular complexity index is 250. The summed E-state index contributed by atoms with van der Waals surface area (Å²) in [6.45, 7) is 6.69. The van der Waals surface area contributed by atoms with E-state index in [0.717, 1.165) is 51.7 Å². The van der Waals surface area contributed by atoms with E-state index < -0.39 is 5.60 Å². The third-order valence-corrected chi connectivity index (χ3v) is 4.48. The lowest BCUT2D eigenvalue weighted by Crippen LogP contribution is -2.48. The Balaban J connectivity index is 1.92. The second-order valence-corrected chi connectivity index (χ2v) is 6.06. The predicted molar refractivity (Wildman–Crippen MR) is 67.0 cm³/mol. The summed E-state index contributed by atoms with van der Waals surface area (Å²) in [6, 6.07) is 0. The molecule has 0 amide bonds. The van der Waals surface area contributed by atoms with Crippen molar-refractivity contribution in [2.24, 2.45) is 5.92 Å². The van der Waals surface area contributed by atoms with Crippen LogP contribution in [0.1, 0.15) is 52.4 Å². The molecule has 2 rings (SSSR count). The van der Waals surface area contributed by atoms with Gasteiger partial charge >= 0.3 is 0 Å². The molecule has 17 heavy (non-hydrogen) atoms. The molecule has 3 heteroatoms. The topological polar surface area (TPSA) is 38.7 Å². The largest absolute Gasteiger partial charge is 0.390 e. The van der Waals surface area contributed by atoms with Crippen molar-refractivity contribution in [3.05, 3.63) is 0 Å². The van der Waals surface area contributed by atoms with E-state index >= 15 is 0 Å². The van der Waals surface area contributed by atoms with E-state index in [1.165, 1.54) is 0 Å². The molecule has 0 aromatic rings. The molecule has 2 unspecified atom stereocenters. The van der Waals surface area contributed by atoms with Crippen LogP contribution in [0.25, 0.3) is 0 Å². The van der Waals surface area contributed by atoms with E-state index in [1.54, 1.807) is 0 Å². The van der Waals surface area contributed by atoms with E-state index in [9.17, 15) is 5.11 Å². The minimum Gasteiger partial charge on any atom is -0.390 e. The molecule has 1 N–H and O–H groups in total. The zero-order chi connectivity index (χ0) is 12.4. The normalized spacial score (nSPS) is 40.4. The molecular weight excluding hydrogens is 216 g/mol. The second-order valence-electron chi connectivity index (χ2n) is 6.06. The van der Waals surface area contributed by atoms with Gasteiger partial charge in [-0.2, -0.15) is 0 Å². The predicted octanol–water partition coefficient (Wildman–Crippen LogP) is 2.51. The monoisotopic (exact) mass is 242 g/mol. The van der Waals surface area contributed by atoms with Gasteiger partial charge in [-0.25, -0.2) is 0 Å². The van der Waals surface area contributed by atoms with Gasteiger partial charge in [0.15, 0.2) is 0 Å². The standard InChI is InChI=1S/C14H26O3/c1-3-13(2)11-14(15,6-9-17-13)10-12-4-7-16-8-5-12/h12,15H,3-11H2,1-2H3. The number of aliphatic hydroxyl groups is 1. The average Bonchev–Trinajstić information content (AvgIpc) is 2.29. The van der Waals surface area contributed by atoms with E-state index in [-0.39, 0.29) is 5.60 Å². The van der Waals surface area contributed by atoms with Crippen molar-refractivity contribution in [3.63, 3.8) is 0 Å². The van der Waals surface area contributed by atoms with Gasteiger partial charge in [0, 0.05) is 19.6 Å². The van der Waals surface area contributed by atoms with Crippen molar-refractivity contribution in [1.29, 1.82) is 0 Å². The minimum absolute atomic E-state index is 0.127. The highest BCUT2D eigenvalue weighted by molar-refractivity contribution is 4.93. The van der Waals surface area contributed by atoms with E-state index in [4.69, 9.17) is 9.47 Å². The second kappa shape index (κ2) is 5.25. The van der Waals surface area contributed by atoms with Gasteiger partial charge < -0.3 is 14.6 Å². The summed E-state index contributed by atoms with van der Waals surface area (Å²) in [5.41, 5.74) is -0.636. The van der Waals surface area contributed by atoms with Crippen LogP contribution in [0.2, 0.25) is 0 Å². The first-order valence-electron chi connectivity index (χ1n) is 6.99. The maximum atomic E-state index is 10.8. The van der Waals surface area contributed by atoms with Gasteiger partial charge in [0.2, 0.25) is 0 Å². The summed E-state index contributed by atoms with van der Waals surface area (Å²) in [7, 11) is 0. The molecule has 0 radical (unpaired) electrons. The molecule has 0 bridgehead atoms. The Kier molecular flexibility index (Phi) is 4.11. The molecule has 0 aromatic carbocycles. The molecule has 2 saturated heterocycles. The van der Waals surface area contributed by atoms with Gasteiger partial charge in [0.25, 0.3) is 0 Å². The molecule has 0 spiro atoms. The summed E-state index contributed by atoms with van der Waals surface area (Å²) >= 11 is 0. The Morgan fingerprint density at radius 2 is 1.94 bits per heavy atom. The third kappa shape index (κ3) is 3.43. The lowest BCUT2D eigenvalue weighted by molar-refractivity contribution is -0.162. The van der Waals surface area contributed by atoms with Crippen LogP contribution < -0.4 is 0 Å². The molecule has 3 nitrogen and oxygen atoms in total. The van der Waals surface area contributed by atoms with E-state index in [0.29, 0.717) is 12.5 Å². The number of rotatable bonds is 3. The van der Waals surface area contributed by atoms with Gasteiger partial charge in [0.05, 0.1) is 17.8 Å². The third-order valence-electron chi connectivity index (χ3n) is 4.48. The van der Waals surface area contributed by atoms with Crippen LogP contribution in [-0.2, 0) is 9.47 Å². The highest BCUT2D eigenvalue weighted by atomic mass is 16.5. The lowest BCUT2D eigenvalue weighted by atomic mass is 9.75. The number of ether oxygens (including phenoxy) is 2. The first kappa shape index (κ1) is 13.3. The van der Waals surface area contributed by atoms with Crippen LogP contribution in [0.5, 0.6) is 0 Å². The first-order chi connectivity index (χ1) is 8.05. The summed E-state index contributed by atoms with van der Waals surface area (Å²) in [5, 5.41) is 10.8. The highest BCUT2D eigenvalue weighted by Gasteiger charge is 2.42. The highest BCUT2D eigenvalue weighted by Crippen LogP contribution is 2.39. The zero-order valence-electron chi connectivity index (χ0n) is 11.2. The fourth-order valence-electron chi connectivity index (χ4n) is 3.21. The molecule has 2 heterocycles. The Hall–Kier alpha value is -0.120. The van der Waals surface area contributed by atoms with Crippen LogP contribution in [-0.4, -0.2) is 36.1 Å². The van der Waals surface area contributed by atoms with Crippen LogP contribution >= 0.6 is 0 Å². The van der Waals surface area contributed by atoms with Gasteiger partial charge in [0.1, 0.15) is 0 Å². The minimum atomic E-state index is -0.509.